The maximum Gasteiger partial charge on any atom is 0.0444 e. The molecule has 1 saturated heterocycles. The van der Waals surface area contributed by atoms with Crippen molar-refractivity contribution in [3.8, 4) is 0 Å². The van der Waals surface area contributed by atoms with E-state index in [1.54, 1.807) is 0 Å². The lowest BCUT2D eigenvalue weighted by Crippen LogP contribution is -2.33. The Hall–Kier alpha value is -2.65. The number of aromatic nitrogens is 1. The molecule has 0 atom stereocenters. The molecule has 0 unspecified atom stereocenters. The van der Waals surface area contributed by atoms with Crippen molar-refractivity contribution in [1.29, 1.82) is 0 Å². The van der Waals surface area contributed by atoms with Crippen molar-refractivity contribution in [2.45, 2.75) is 57.9 Å². The number of piperidine rings is 1. The first-order chi connectivity index (χ1) is 16.1. The van der Waals surface area contributed by atoms with Gasteiger partial charge in [0.15, 0.2) is 0 Å². The fourth-order valence-corrected chi connectivity index (χ4v) is 5.60. The number of rotatable bonds is 7. The van der Waals surface area contributed by atoms with Crippen LogP contribution in [-0.2, 0) is 18.4 Å². The van der Waals surface area contributed by atoms with Crippen molar-refractivity contribution >= 4 is 11.4 Å². The standard InChI is InChI=1S/C30H37N3/c1-30(2,16-10-24-13-19-32(20-14-24)23-25-6-4-3-5-7-25)27-8-9-29-26(22-27)15-21-33(29)28-11-17-31-18-12-28/h3-9,11-12,17-18,22,24H,10,13-16,19-21,23H2,1-2H3. The predicted molar refractivity (Wildman–Crippen MR) is 138 cm³/mol. The molecule has 0 aliphatic carbocycles. The van der Waals surface area contributed by atoms with Crippen molar-refractivity contribution in [3.63, 3.8) is 0 Å². The van der Waals surface area contributed by atoms with Crippen LogP contribution in [0.25, 0.3) is 0 Å². The van der Waals surface area contributed by atoms with Crippen LogP contribution in [0.1, 0.15) is 56.2 Å². The minimum Gasteiger partial charge on any atom is -0.341 e. The molecule has 3 aromatic rings. The van der Waals surface area contributed by atoms with Gasteiger partial charge in [-0.1, -0.05) is 56.3 Å². The van der Waals surface area contributed by atoms with Crippen molar-refractivity contribution in [2.24, 2.45) is 5.92 Å². The summed E-state index contributed by atoms with van der Waals surface area (Å²) in [7, 11) is 0. The minimum atomic E-state index is 0.223. The quantitative estimate of drug-likeness (QED) is 0.406. The van der Waals surface area contributed by atoms with E-state index in [9.17, 15) is 0 Å². The van der Waals surface area contributed by atoms with E-state index in [1.807, 2.05) is 12.4 Å². The van der Waals surface area contributed by atoms with Crippen LogP contribution < -0.4 is 4.90 Å². The lowest BCUT2D eigenvalue weighted by molar-refractivity contribution is 0.166. The van der Waals surface area contributed by atoms with Gasteiger partial charge in [0.05, 0.1) is 0 Å². The first-order valence-electron chi connectivity index (χ1n) is 12.7. The number of anilines is 2. The molecule has 0 spiro atoms. The Labute approximate surface area is 199 Å². The topological polar surface area (TPSA) is 19.4 Å². The first kappa shape index (κ1) is 22.2. The minimum absolute atomic E-state index is 0.223. The summed E-state index contributed by atoms with van der Waals surface area (Å²) in [6.07, 6.45) is 10.2. The molecule has 0 saturated carbocycles. The average Bonchev–Trinajstić information content (AvgIpc) is 3.28. The molecule has 1 aromatic heterocycles. The van der Waals surface area contributed by atoms with Gasteiger partial charge in [-0.2, -0.15) is 0 Å². The molecule has 2 aliphatic heterocycles. The lowest BCUT2D eigenvalue weighted by atomic mass is 9.77. The summed E-state index contributed by atoms with van der Waals surface area (Å²) in [4.78, 5) is 9.23. The van der Waals surface area contributed by atoms with Gasteiger partial charge >= 0.3 is 0 Å². The molecule has 172 valence electrons. The van der Waals surface area contributed by atoms with E-state index in [1.165, 1.54) is 66.8 Å². The van der Waals surface area contributed by atoms with E-state index in [0.29, 0.717) is 0 Å². The van der Waals surface area contributed by atoms with Crippen molar-refractivity contribution < 1.29 is 0 Å². The normalized spacial score (nSPS) is 17.3. The highest BCUT2D eigenvalue weighted by Gasteiger charge is 2.27. The zero-order chi connectivity index (χ0) is 22.7. The van der Waals surface area contributed by atoms with Crippen molar-refractivity contribution in [3.05, 3.63) is 89.7 Å². The summed E-state index contributed by atoms with van der Waals surface area (Å²) in [6.45, 7) is 9.52. The number of nitrogens with zero attached hydrogens (tertiary/aromatic N) is 3. The van der Waals surface area contributed by atoms with Gasteiger partial charge in [0.1, 0.15) is 0 Å². The second-order valence-electron chi connectivity index (χ2n) is 10.6. The maximum atomic E-state index is 4.17. The fraction of sp³-hybridized carbons (Fsp3) is 0.433. The highest BCUT2D eigenvalue weighted by molar-refractivity contribution is 5.70. The van der Waals surface area contributed by atoms with Gasteiger partial charge in [0.2, 0.25) is 0 Å². The molecule has 1 fully saturated rings. The van der Waals surface area contributed by atoms with E-state index in [-0.39, 0.29) is 5.41 Å². The second kappa shape index (κ2) is 9.69. The van der Waals surface area contributed by atoms with Crippen molar-refractivity contribution in [2.75, 3.05) is 24.5 Å². The van der Waals surface area contributed by atoms with E-state index < -0.39 is 0 Å². The number of hydrogen-bond donors (Lipinski definition) is 0. The van der Waals surface area contributed by atoms with Crippen LogP contribution >= 0.6 is 0 Å². The molecule has 0 bridgehead atoms. The Morgan fingerprint density at radius 2 is 1.67 bits per heavy atom. The Kier molecular flexibility index (Phi) is 6.50. The number of pyridine rings is 1. The third-order valence-corrected chi connectivity index (χ3v) is 7.86. The third kappa shape index (κ3) is 5.14. The second-order valence-corrected chi connectivity index (χ2v) is 10.6. The average molecular weight is 440 g/mol. The highest BCUT2D eigenvalue weighted by Crippen LogP contribution is 2.39. The molecule has 0 amide bonds. The Bertz CT molecular complexity index is 1040. The molecule has 3 heterocycles. The molecule has 3 nitrogen and oxygen atoms in total. The number of hydrogen-bond acceptors (Lipinski definition) is 3. The molecule has 0 radical (unpaired) electrons. The SMILES string of the molecule is CC(C)(CCC1CCN(Cc2ccccc2)CC1)c1ccc2c(c1)CCN2c1ccncc1. The van der Waals surface area contributed by atoms with Crippen LogP contribution in [-0.4, -0.2) is 29.5 Å². The molecule has 2 aromatic carbocycles. The van der Waals surface area contributed by atoms with Gasteiger partial charge in [-0.15, -0.1) is 0 Å². The summed E-state index contributed by atoms with van der Waals surface area (Å²) < 4.78 is 0. The number of likely N-dealkylation sites (tertiary alicyclic amines) is 1. The van der Waals surface area contributed by atoms with Crippen LogP contribution in [0.3, 0.4) is 0 Å². The van der Waals surface area contributed by atoms with E-state index in [2.05, 4.69) is 89.3 Å². The largest absolute Gasteiger partial charge is 0.341 e. The van der Waals surface area contributed by atoms with Gasteiger partial charge in [-0.3, -0.25) is 9.88 Å². The van der Waals surface area contributed by atoms with Crippen molar-refractivity contribution in [1.82, 2.24) is 9.88 Å². The Morgan fingerprint density at radius 1 is 0.909 bits per heavy atom. The zero-order valence-electron chi connectivity index (χ0n) is 20.2. The Balaban J connectivity index is 1.16. The van der Waals surface area contributed by atoms with E-state index in [0.717, 1.165) is 25.4 Å². The van der Waals surface area contributed by atoms with Crippen LogP contribution in [0, 0.1) is 5.92 Å². The lowest BCUT2D eigenvalue weighted by Gasteiger charge is -2.34. The van der Waals surface area contributed by atoms with Gasteiger partial charge in [-0.25, -0.2) is 0 Å². The van der Waals surface area contributed by atoms with E-state index >= 15 is 0 Å². The molecular weight excluding hydrogens is 402 g/mol. The summed E-state index contributed by atoms with van der Waals surface area (Å²) >= 11 is 0. The molecular formula is C30H37N3. The monoisotopic (exact) mass is 439 g/mol. The molecule has 3 heteroatoms. The van der Waals surface area contributed by atoms with Crippen LogP contribution in [0.15, 0.2) is 73.1 Å². The predicted octanol–water partition coefficient (Wildman–Crippen LogP) is 6.75. The third-order valence-electron chi connectivity index (χ3n) is 7.86. The number of benzene rings is 2. The van der Waals surface area contributed by atoms with E-state index in [4.69, 9.17) is 0 Å². The van der Waals surface area contributed by atoms with Gasteiger partial charge < -0.3 is 4.90 Å². The van der Waals surface area contributed by atoms with Gasteiger partial charge in [0.25, 0.3) is 0 Å². The fourth-order valence-electron chi connectivity index (χ4n) is 5.60. The van der Waals surface area contributed by atoms with Crippen LogP contribution in [0.2, 0.25) is 0 Å². The summed E-state index contributed by atoms with van der Waals surface area (Å²) in [5.74, 6) is 0.868. The van der Waals surface area contributed by atoms with Crippen LogP contribution in [0.5, 0.6) is 0 Å². The molecule has 2 aliphatic rings. The highest BCUT2D eigenvalue weighted by atomic mass is 15.2. The van der Waals surface area contributed by atoms with Crippen LogP contribution in [0.4, 0.5) is 11.4 Å². The summed E-state index contributed by atoms with van der Waals surface area (Å²) in [5, 5.41) is 0. The zero-order valence-corrected chi connectivity index (χ0v) is 20.2. The smallest absolute Gasteiger partial charge is 0.0444 e. The van der Waals surface area contributed by atoms with Gasteiger partial charge in [-0.05, 0) is 91.4 Å². The summed E-state index contributed by atoms with van der Waals surface area (Å²) in [6, 6.07) is 22.3. The maximum absolute atomic E-state index is 4.17. The molecule has 5 rings (SSSR count). The molecule has 0 N–H and O–H groups in total. The Morgan fingerprint density at radius 3 is 2.42 bits per heavy atom. The van der Waals surface area contributed by atoms with Gasteiger partial charge in [0, 0.05) is 36.9 Å². The first-order valence-corrected chi connectivity index (χ1v) is 12.7. The molecule has 33 heavy (non-hydrogen) atoms. The summed E-state index contributed by atoms with van der Waals surface area (Å²) in [5.41, 5.74) is 7.27. The number of fused-ring (bicyclic) bond motifs is 1.